The molecule has 3 rings (SSSR count). The highest BCUT2D eigenvalue weighted by Gasteiger charge is 2.59. The van der Waals surface area contributed by atoms with E-state index in [0.717, 1.165) is 0 Å². The van der Waals surface area contributed by atoms with Gasteiger partial charge in [-0.05, 0) is 27.7 Å². The summed E-state index contributed by atoms with van der Waals surface area (Å²) in [6, 6.07) is -0.644. The fourth-order valence-corrected chi connectivity index (χ4v) is 2.82. The number of hydrogen-bond acceptors (Lipinski definition) is 7. The Morgan fingerprint density at radius 1 is 1.00 bits per heavy atom. The van der Waals surface area contributed by atoms with Gasteiger partial charge in [-0.2, -0.15) is 4.91 Å². The molecule has 19 heavy (non-hydrogen) atoms. The highest BCUT2D eigenvalue weighted by atomic mass is 16.8. The number of rotatable bonds is 2. The van der Waals surface area contributed by atoms with Gasteiger partial charge in [-0.15, -0.1) is 0 Å². The average molecular weight is 273 g/mol. The summed E-state index contributed by atoms with van der Waals surface area (Å²) in [6.45, 7) is 7.57. The van der Waals surface area contributed by atoms with E-state index in [0.29, 0.717) is 6.61 Å². The van der Waals surface area contributed by atoms with Gasteiger partial charge >= 0.3 is 0 Å². The van der Waals surface area contributed by atoms with Crippen LogP contribution in [0.15, 0.2) is 5.18 Å². The summed E-state index contributed by atoms with van der Waals surface area (Å²) < 4.78 is 28.3. The number of nitrogens with zero attached hydrogens (tertiary/aromatic N) is 1. The van der Waals surface area contributed by atoms with E-state index < -0.39 is 36.1 Å². The minimum absolute atomic E-state index is 0.335. The van der Waals surface area contributed by atoms with Crippen LogP contribution in [0, 0.1) is 4.91 Å². The first-order valence-corrected chi connectivity index (χ1v) is 6.47. The van der Waals surface area contributed by atoms with Crippen molar-refractivity contribution >= 4 is 0 Å². The second-order valence-corrected chi connectivity index (χ2v) is 6.03. The van der Waals surface area contributed by atoms with E-state index in [-0.39, 0.29) is 6.10 Å². The monoisotopic (exact) mass is 273 g/mol. The van der Waals surface area contributed by atoms with Gasteiger partial charge in [-0.1, -0.05) is 5.18 Å². The largest absolute Gasteiger partial charge is 0.348 e. The van der Waals surface area contributed by atoms with Crippen LogP contribution in [0.4, 0.5) is 0 Å². The molecule has 7 heteroatoms. The molecule has 0 amide bonds. The molecule has 3 saturated heterocycles. The van der Waals surface area contributed by atoms with Crippen LogP contribution in [0.2, 0.25) is 0 Å². The average Bonchev–Trinajstić information content (AvgIpc) is 2.87. The van der Waals surface area contributed by atoms with Crippen LogP contribution in [0.1, 0.15) is 27.7 Å². The molecule has 0 spiro atoms. The van der Waals surface area contributed by atoms with Crippen LogP contribution in [0.3, 0.4) is 0 Å². The Kier molecular flexibility index (Phi) is 2.96. The van der Waals surface area contributed by atoms with Gasteiger partial charge in [0.25, 0.3) is 0 Å². The van der Waals surface area contributed by atoms with Gasteiger partial charge in [0, 0.05) is 0 Å². The van der Waals surface area contributed by atoms with Crippen LogP contribution in [0.25, 0.3) is 0 Å². The fraction of sp³-hybridized carbons (Fsp3) is 1.00. The van der Waals surface area contributed by atoms with Crippen molar-refractivity contribution in [1.82, 2.24) is 0 Å². The molecule has 0 aromatic heterocycles. The maximum atomic E-state index is 11.1. The fourth-order valence-electron chi connectivity index (χ4n) is 2.82. The normalized spacial score (nSPS) is 47.3. The van der Waals surface area contributed by atoms with Crippen LogP contribution in [-0.4, -0.2) is 48.8 Å². The lowest BCUT2D eigenvalue weighted by Crippen LogP contribution is -2.41. The maximum Gasteiger partial charge on any atom is 0.190 e. The summed E-state index contributed by atoms with van der Waals surface area (Å²) in [5.74, 6) is -1.42. The van der Waals surface area contributed by atoms with Crippen molar-refractivity contribution in [2.24, 2.45) is 5.18 Å². The standard InChI is InChI=1S/C12H19NO6/c1-11(2)15-5-6(17-11)8-7(13-14)9-10(16-8)19-12(3,4)18-9/h6-10H,5H2,1-4H3/t6?,7-,8-,9-,10?/m1/s1. The quantitative estimate of drug-likeness (QED) is 0.702. The second kappa shape index (κ2) is 4.20. The third kappa shape index (κ3) is 2.30. The lowest BCUT2D eigenvalue weighted by Gasteiger charge is -2.25. The summed E-state index contributed by atoms with van der Waals surface area (Å²) >= 11 is 0. The van der Waals surface area contributed by atoms with Crippen LogP contribution in [0.5, 0.6) is 0 Å². The van der Waals surface area contributed by atoms with Crippen LogP contribution in [-0.2, 0) is 23.7 Å². The number of ether oxygens (including phenoxy) is 5. The highest BCUT2D eigenvalue weighted by molar-refractivity contribution is 5.01. The van der Waals surface area contributed by atoms with Gasteiger partial charge in [0.1, 0.15) is 18.3 Å². The molecule has 0 aliphatic carbocycles. The second-order valence-electron chi connectivity index (χ2n) is 6.03. The molecule has 3 heterocycles. The molecule has 0 radical (unpaired) electrons. The van der Waals surface area contributed by atoms with E-state index in [1.807, 2.05) is 13.8 Å². The van der Waals surface area contributed by atoms with E-state index in [2.05, 4.69) is 5.18 Å². The Bertz CT molecular complexity index is 384. The number of fused-ring (bicyclic) bond motifs is 1. The lowest BCUT2D eigenvalue weighted by atomic mass is 10.0. The zero-order valence-corrected chi connectivity index (χ0v) is 11.5. The van der Waals surface area contributed by atoms with Gasteiger partial charge in [0.15, 0.2) is 23.9 Å². The molecular weight excluding hydrogens is 254 g/mol. The van der Waals surface area contributed by atoms with E-state index in [1.165, 1.54) is 0 Å². The zero-order chi connectivity index (χ0) is 13.8. The van der Waals surface area contributed by atoms with Gasteiger partial charge in [0.2, 0.25) is 0 Å². The minimum atomic E-state index is -0.754. The third-order valence-corrected chi connectivity index (χ3v) is 3.57. The van der Waals surface area contributed by atoms with E-state index in [1.54, 1.807) is 13.8 Å². The Labute approximate surface area is 111 Å². The molecule has 0 bridgehead atoms. The molecule has 0 N–H and O–H groups in total. The Hall–Kier alpha value is -0.600. The van der Waals surface area contributed by atoms with Crippen molar-refractivity contribution in [2.75, 3.05) is 6.61 Å². The molecule has 3 aliphatic rings. The molecular formula is C12H19NO6. The first kappa shape index (κ1) is 13.4. The minimum Gasteiger partial charge on any atom is -0.348 e. The molecule has 3 fully saturated rings. The lowest BCUT2D eigenvalue weighted by molar-refractivity contribution is -0.222. The summed E-state index contributed by atoms with van der Waals surface area (Å²) in [7, 11) is 0. The number of nitroso groups, excluding NO2 is 1. The first-order chi connectivity index (χ1) is 8.81. The van der Waals surface area contributed by atoms with Crippen molar-refractivity contribution in [1.29, 1.82) is 0 Å². The van der Waals surface area contributed by atoms with Crippen LogP contribution < -0.4 is 0 Å². The van der Waals surface area contributed by atoms with Gasteiger partial charge in [-0.25, -0.2) is 0 Å². The van der Waals surface area contributed by atoms with Crippen molar-refractivity contribution < 1.29 is 23.7 Å². The van der Waals surface area contributed by atoms with Gasteiger partial charge < -0.3 is 23.7 Å². The molecule has 3 aliphatic heterocycles. The third-order valence-electron chi connectivity index (χ3n) is 3.57. The smallest absolute Gasteiger partial charge is 0.190 e. The van der Waals surface area contributed by atoms with Crippen molar-refractivity contribution in [3.05, 3.63) is 4.91 Å². The molecule has 108 valence electrons. The highest BCUT2D eigenvalue weighted by Crippen LogP contribution is 2.41. The van der Waals surface area contributed by atoms with Gasteiger partial charge in [0.05, 0.1) is 6.61 Å². The summed E-state index contributed by atoms with van der Waals surface area (Å²) in [5.41, 5.74) is 0. The predicted molar refractivity (Wildman–Crippen MR) is 63.2 cm³/mol. The SMILES string of the molecule is CC1(C)OCC([C@H]2OC3OC(C)(C)O[C@@H]3[C@@H]2N=O)O1. The van der Waals surface area contributed by atoms with E-state index in [4.69, 9.17) is 23.7 Å². The van der Waals surface area contributed by atoms with E-state index in [9.17, 15) is 4.91 Å². The van der Waals surface area contributed by atoms with Crippen molar-refractivity contribution in [2.45, 2.75) is 69.9 Å². The Morgan fingerprint density at radius 2 is 1.74 bits per heavy atom. The predicted octanol–water partition coefficient (Wildman–Crippen LogP) is 1.15. The Balaban J connectivity index is 1.74. The molecule has 7 nitrogen and oxygen atoms in total. The molecule has 5 atom stereocenters. The summed E-state index contributed by atoms with van der Waals surface area (Å²) in [5, 5.41) is 3.15. The Morgan fingerprint density at radius 3 is 2.32 bits per heavy atom. The summed E-state index contributed by atoms with van der Waals surface area (Å²) in [6.07, 6.45) is -1.89. The first-order valence-electron chi connectivity index (χ1n) is 6.47. The molecule has 0 aromatic rings. The maximum absolute atomic E-state index is 11.1. The van der Waals surface area contributed by atoms with Crippen molar-refractivity contribution in [3.63, 3.8) is 0 Å². The topological polar surface area (TPSA) is 75.6 Å². The molecule has 2 unspecified atom stereocenters. The molecule has 0 aromatic carbocycles. The number of hydrogen-bond donors (Lipinski definition) is 0. The van der Waals surface area contributed by atoms with Gasteiger partial charge in [-0.3, -0.25) is 0 Å². The van der Waals surface area contributed by atoms with E-state index >= 15 is 0 Å². The zero-order valence-electron chi connectivity index (χ0n) is 11.5. The summed E-state index contributed by atoms with van der Waals surface area (Å²) in [4.78, 5) is 11.1. The molecule has 0 saturated carbocycles. The van der Waals surface area contributed by atoms with Crippen molar-refractivity contribution in [3.8, 4) is 0 Å². The van der Waals surface area contributed by atoms with Crippen LogP contribution >= 0.6 is 0 Å².